The third kappa shape index (κ3) is 6.40. The molecule has 0 spiro atoms. The summed E-state index contributed by atoms with van der Waals surface area (Å²) in [6, 6.07) is 9.92. The van der Waals surface area contributed by atoms with Gasteiger partial charge in [0.15, 0.2) is 0 Å². The van der Waals surface area contributed by atoms with E-state index in [-0.39, 0.29) is 0 Å². The summed E-state index contributed by atoms with van der Waals surface area (Å²) in [5.74, 6) is 0. The number of nitrogens with one attached hydrogen (secondary N) is 1. The van der Waals surface area contributed by atoms with Crippen LogP contribution < -0.4 is 5.32 Å². The molecule has 0 aromatic heterocycles. The van der Waals surface area contributed by atoms with Gasteiger partial charge in [-0.2, -0.15) is 0 Å². The fourth-order valence-electron chi connectivity index (χ4n) is 1.22. The Morgan fingerprint density at radius 2 is 1.94 bits per heavy atom. The highest BCUT2D eigenvalue weighted by Crippen LogP contribution is 2.06. The van der Waals surface area contributed by atoms with Crippen molar-refractivity contribution in [3.63, 3.8) is 0 Å². The Morgan fingerprint density at radius 3 is 2.53 bits per heavy atom. The number of hydrogen-bond acceptors (Lipinski definition) is 2. The monoisotopic (exact) mass is 233 g/mol. The molecule has 0 aliphatic rings. The molecule has 0 heterocycles. The molecule has 1 amide bonds. The molecule has 0 fully saturated rings. The lowest BCUT2D eigenvalue weighted by molar-refractivity contribution is 0.0534. The zero-order chi connectivity index (χ0) is 12.7. The standard InChI is InChI=1S/C14H19NO2/c1-14(2,3)17-13(16)15-11-7-10-12-8-5-4-6-9-12/h4-10H,11H2,1-3H3,(H,15,16)/b10-7-. The van der Waals surface area contributed by atoms with Crippen molar-refractivity contribution in [2.45, 2.75) is 26.4 Å². The van der Waals surface area contributed by atoms with Crippen molar-refractivity contribution in [2.75, 3.05) is 6.54 Å². The number of rotatable bonds is 3. The maximum absolute atomic E-state index is 11.3. The van der Waals surface area contributed by atoms with Crippen molar-refractivity contribution >= 4 is 12.2 Å². The van der Waals surface area contributed by atoms with Gasteiger partial charge in [0.1, 0.15) is 5.60 Å². The third-order valence-electron chi connectivity index (χ3n) is 1.87. The molecule has 0 aliphatic heterocycles. The summed E-state index contributed by atoms with van der Waals surface area (Å²) in [6.45, 7) is 5.98. The topological polar surface area (TPSA) is 38.3 Å². The average Bonchev–Trinajstić information content (AvgIpc) is 2.23. The van der Waals surface area contributed by atoms with Crippen LogP contribution in [0.4, 0.5) is 4.79 Å². The van der Waals surface area contributed by atoms with Gasteiger partial charge in [-0.05, 0) is 26.3 Å². The first-order valence-corrected chi connectivity index (χ1v) is 5.66. The minimum absolute atomic E-state index is 0.393. The number of carbonyl (C=O) groups is 1. The van der Waals surface area contributed by atoms with E-state index in [1.54, 1.807) is 0 Å². The molecule has 0 saturated heterocycles. The van der Waals surface area contributed by atoms with Crippen LogP contribution in [0.3, 0.4) is 0 Å². The maximum Gasteiger partial charge on any atom is 0.407 e. The molecule has 3 nitrogen and oxygen atoms in total. The van der Waals surface area contributed by atoms with Gasteiger partial charge in [0.2, 0.25) is 0 Å². The number of benzene rings is 1. The second kappa shape index (κ2) is 6.09. The summed E-state index contributed by atoms with van der Waals surface area (Å²) in [6.07, 6.45) is 3.45. The highest BCUT2D eigenvalue weighted by molar-refractivity contribution is 5.68. The third-order valence-corrected chi connectivity index (χ3v) is 1.87. The van der Waals surface area contributed by atoms with Crippen molar-refractivity contribution in [3.05, 3.63) is 42.0 Å². The normalized spacial score (nSPS) is 11.5. The summed E-state index contributed by atoms with van der Waals surface area (Å²) in [7, 11) is 0. The highest BCUT2D eigenvalue weighted by atomic mass is 16.6. The van der Waals surface area contributed by atoms with Gasteiger partial charge >= 0.3 is 6.09 Å². The summed E-state index contributed by atoms with van der Waals surface area (Å²) >= 11 is 0. The Kier molecular flexibility index (Phi) is 4.76. The molecular weight excluding hydrogens is 214 g/mol. The minimum Gasteiger partial charge on any atom is -0.444 e. The van der Waals surface area contributed by atoms with E-state index in [4.69, 9.17) is 4.74 Å². The molecule has 1 aromatic carbocycles. The number of ether oxygens (including phenoxy) is 1. The molecular formula is C14H19NO2. The van der Waals surface area contributed by atoms with Gasteiger partial charge in [-0.15, -0.1) is 0 Å². The average molecular weight is 233 g/mol. The van der Waals surface area contributed by atoms with Crippen molar-refractivity contribution in [3.8, 4) is 0 Å². The lowest BCUT2D eigenvalue weighted by Gasteiger charge is -2.19. The van der Waals surface area contributed by atoms with Gasteiger partial charge in [0, 0.05) is 6.54 Å². The SMILES string of the molecule is CC(C)(C)OC(=O)NC/C=C\c1ccccc1. The van der Waals surface area contributed by atoms with E-state index in [9.17, 15) is 4.79 Å². The van der Waals surface area contributed by atoms with Crippen LogP contribution in [0.2, 0.25) is 0 Å². The number of hydrogen-bond donors (Lipinski definition) is 1. The van der Waals surface area contributed by atoms with Gasteiger partial charge < -0.3 is 10.1 Å². The Labute approximate surface area is 102 Å². The van der Waals surface area contributed by atoms with E-state index in [2.05, 4.69) is 5.32 Å². The molecule has 1 N–H and O–H groups in total. The van der Waals surface area contributed by atoms with Gasteiger partial charge in [0.05, 0.1) is 0 Å². The van der Waals surface area contributed by atoms with Crippen molar-refractivity contribution < 1.29 is 9.53 Å². The number of carbonyl (C=O) groups excluding carboxylic acids is 1. The van der Waals surface area contributed by atoms with Gasteiger partial charge in [-0.3, -0.25) is 0 Å². The van der Waals surface area contributed by atoms with Gasteiger partial charge in [0.25, 0.3) is 0 Å². The summed E-state index contributed by atoms with van der Waals surface area (Å²) in [5, 5.41) is 2.66. The zero-order valence-electron chi connectivity index (χ0n) is 10.6. The number of amides is 1. The molecule has 1 rings (SSSR count). The Hall–Kier alpha value is -1.77. The molecule has 92 valence electrons. The molecule has 0 radical (unpaired) electrons. The van der Waals surface area contributed by atoms with E-state index < -0.39 is 11.7 Å². The van der Waals surface area contributed by atoms with Crippen LogP contribution in [0.1, 0.15) is 26.3 Å². The Balaban J connectivity index is 2.29. The predicted molar refractivity (Wildman–Crippen MR) is 69.7 cm³/mol. The first-order valence-electron chi connectivity index (χ1n) is 5.66. The molecule has 0 aliphatic carbocycles. The quantitative estimate of drug-likeness (QED) is 0.870. The summed E-state index contributed by atoms with van der Waals surface area (Å²) < 4.78 is 5.11. The first kappa shape index (κ1) is 13.3. The number of alkyl carbamates (subject to hydrolysis) is 1. The largest absolute Gasteiger partial charge is 0.444 e. The molecule has 0 bridgehead atoms. The zero-order valence-corrected chi connectivity index (χ0v) is 10.6. The van der Waals surface area contributed by atoms with Crippen LogP contribution in [0.25, 0.3) is 6.08 Å². The summed E-state index contributed by atoms with van der Waals surface area (Å²) in [5.41, 5.74) is 0.659. The molecule has 3 heteroatoms. The smallest absolute Gasteiger partial charge is 0.407 e. The Bertz CT molecular complexity index is 377. The van der Waals surface area contributed by atoms with Gasteiger partial charge in [-0.1, -0.05) is 42.5 Å². The fraction of sp³-hybridized carbons (Fsp3) is 0.357. The lowest BCUT2D eigenvalue weighted by atomic mass is 10.2. The molecule has 0 saturated carbocycles. The van der Waals surface area contributed by atoms with Crippen LogP contribution in [0, 0.1) is 0 Å². The van der Waals surface area contributed by atoms with Crippen molar-refractivity contribution in [1.29, 1.82) is 0 Å². The van der Waals surface area contributed by atoms with Crippen LogP contribution in [0.15, 0.2) is 36.4 Å². The molecule has 0 unspecified atom stereocenters. The maximum atomic E-state index is 11.3. The van der Waals surface area contributed by atoms with Crippen LogP contribution in [-0.4, -0.2) is 18.2 Å². The van der Waals surface area contributed by atoms with E-state index >= 15 is 0 Å². The fourth-order valence-corrected chi connectivity index (χ4v) is 1.22. The van der Waals surface area contributed by atoms with E-state index in [0.29, 0.717) is 6.54 Å². The van der Waals surface area contributed by atoms with Crippen molar-refractivity contribution in [1.82, 2.24) is 5.32 Å². The van der Waals surface area contributed by atoms with Crippen LogP contribution in [-0.2, 0) is 4.74 Å². The van der Waals surface area contributed by atoms with E-state index in [1.165, 1.54) is 0 Å². The highest BCUT2D eigenvalue weighted by Gasteiger charge is 2.14. The van der Waals surface area contributed by atoms with E-state index in [1.807, 2.05) is 63.3 Å². The Morgan fingerprint density at radius 1 is 1.29 bits per heavy atom. The van der Waals surface area contributed by atoms with Gasteiger partial charge in [-0.25, -0.2) is 4.79 Å². The van der Waals surface area contributed by atoms with Crippen molar-refractivity contribution in [2.24, 2.45) is 0 Å². The minimum atomic E-state index is -0.451. The molecule has 0 atom stereocenters. The van der Waals surface area contributed by atoms with E-state index in [0.717, 1.165) is 5.56 Å². The molecule has 17 heavy (non-hydrogen) atoms. The first-order chi connectivity index (χ1) is 7.97. The second-order valence-corrected chi connectivity index (χ2v) is 4.70. The lowest BCUT2D eigenvalue weighted by Crippen LogP contribution is -2.32. The summed E-state index contributed by atoms with van der Waals surface area (Å²) in [4.78, 5) is 11.3. The predicted octanol–water partition coefficient (Wildman–Crippen LogP) is 3.22. The second-order valence-electron chi connectivity index (χ2n) is 4.70. The van der Waals surface area contributed by atoms with Crippen LogP contribution in [0.5, 0.6) is 0 Å². The molecule has 1 aromatic rings. The van der Waals surface area contributed by atoms with Crippen LogP contribution >= 0.6 is 0 Å².